The van der Waals surface area contributed by atoms with Crippen molar-refractivity contribution in [2.24, 2.45) is 0 Å². The first-order valence-corrected chi connectivity index (χ1v) is 6.09. The second-order valence-corrected chi connectivity index (χ2v) is 4.38. The van der Waals surface area contributed by atoms with Gasteiger partial charge in [0.05, 0.1) is 11.2 Å². The van der Waals surface area contributed by atoms with E-state index in [4.69, 9.17) is 0 Å². The van der Waals surface area contributed by atoms with Gasteiger partial charge in [0.2, 0.25) is 0 Å². The minimum atomic E-state index is 0.224. The molecule has 0 saturated carbocycles. The van der Waals surface area contributed by atoms with Crippen molar-refractivity contribution in [3.8, 4) is 5.75 Å². The molecule has 1 heterocycles. The predicted octanol–water partition coefficient (Wildman–Crippen LogP) is 4.00. The number of hydrogen-bond acceptors (Lipinski definition) is 2. The molecule has 0 fully saturated rings. The van der Waals surface area contributed by atoms with Crippen LogP contribution in [0.5, 0.6) is 5.75 Å². The number of fused-ring (bicyclic) bond motifs is 1. The highest BCUT2D eigenvalue weighted by molar-refractivity contribution is 5.85. The van der Waals surface area contributed by atoms with Gasteiger partial charge in [-0.3, -0.25) is 0 Å². The molecule has 0 aliphatic heterocycles. The van der Waals surface area contributed by atoms with Crippen LogP contribution in [0.4, 0.5) is 0 Å². The van der Waals surface area contributed by atoms with Crippen LogP contribution in [-0.4, -0.2) is 10.1 Å². The number of para-hydroxylation sites is 2. The van der Waals surface area contributed by atoms with Gasteiger partial charge in [0.15, 0.2) is 0 Å². The number of aromatic hydroxyl groups is 1. The van der Waals surface area contributed by atoms with Crippen LogP contribution in [0.1, 0.15) is 11.3 Å². The van der Waals surface area contributed by atoms with Crippen LogP contribution < -0.4 is 0 Å². The van der Waals surface area contributed by atoms with Crippen molar-refractivity contribution < 1.29 is 5.11 Å². The summed E-state index contributed by atoms with van der Waals surface area (Å²) in [6, 6.07) is 19.0. The number of pyridine rings is 1. The fourth-order valence-corrected chi connectivity index (χ4v) is 2.10. The summed E-state index contributed by atoms with van der Waals surface area (Å²) >= 11 is 0. The van der Waals surface area contributed by atoms with Gasteiger partial charge in [0, 0.05) is 16.5 Å². The lowest BCUT2D eigenvalue weighted by atomic mass is 10.0. The van der Waals surface area contributed by atoms with Crippen LogP contribution in [-0.2, 0) is 0 Å². The summed E-state index contributed by atoms with van der Waals surface area (Å²) in [7, 11) is 0. The fourth-order valence-electron chi connectivity index (χ4n) is 2.10. The zero-order valence-corrected chi connectivity index (χ0v) is 10.4. The Morgan fingerprint density at radius 2 is 1.63 bits per heavy atom. The van der Waals surface area contributed by atoms with Gasteiger partial charge in [0.1, 0.15) is 5.75 Å². The van der Waals surface area contributed by atoms with Gasteiger partial charge in [0.25, 0.3) is 0 Å². The zero-order chi connectivity index (χ0) is 13.2. The lowest BCUT2D eigenvalue weighted by Gasteiger charge is -2.08. The molecule has 2 heteroatoms. The average molecular weight is 247 g/mol. The molecule has 0 unspecified atom stereocenters. The van der Waals surface area contributed by atoms with Crippen molar-refractivity contribution in [3.05, 3.63) is 78.5 Å². The number of benzene rings is 2. The van der Waals surface area contributed by atoms with E-state index in [2.05, 4.69) is 11.6 Å². The third-order valence-corrected chi connectivity index (χ3v) is 3.14. The van der Waals surface area contributed by atoms with Crippen LogP contribution in [0.3, 0.4) is 0 Å². The number of rotatable bonds is 2. The molecule has 0 amide bonds. The number of aromatic nitrogens is 1. The Kier molecular flexibility index (Phi) is 2.76. The van der Waals surface area contributed by atoms with Crippen molar-refractivity contribution in [3.63, 3.8) is 0 Å². The highest BCUT2D eigenvalue weighted by atomic mass is 16.3. The third kappa shape index (κ3) is 2.08. The molecule has 0 saturated heterocycles. The standard InChI is InChI=1S/C17H13NO/c1-12(14-7-3-5-9-17(14)19)15-11-10-13-6-2-4-8-16(13)18-15/h2-11,19H,1H2. The Morgan fingerprint density at radius 3 is 2.47 bits per heavy atom. The van der Waals surface area contributed by atoms with E-state index in [-0.39, 0.29) is 5.75 Å². The van der Waals surface area contributed by atoms with E-state index in [0.717, 1.165) is 22.2 Å². The lowest BCUT2D eigenvalue weighted by molar-refractivity contribution is 0.473. The molecule has 19 heavy (non-hydrogen) atoms. The summed E-state index contributed by atoms with van der Waals surface area (Å²) in [5, 5.41) is 11.0. The van der Waals surface area contributed by atoms with E-state index in [1.165, 1.54) is 0 Å². The van der Waals surface area contributed by atoms with Crippen LogP contribution in [0.15, 0.2) is 67.2 Å². The first-order valence-electron chi connectivity index (χ1n) is 6.09. The predicted molar refractivity (Wildman–Crippen MR) is 78.0 cm³/mol. The van der Waals surface area contributed by atoms with Gasteiger partial charge in [-0.2, -0.15) is 0 Å². The summed E-state index contributed by atoms with van der Waals surface area (Å²) in [5.74, 6) is 0.224. The van der Waals surface area contributed by atoms with Crippen molar-refractivity contribution in [2.45, 2.75) is 0 Å². The molecule has 2 aromatic carbocycles. The van der Waals surface area contributed by atoms with Crippen LogP contribution in [0, 0.1) is 0 Å². The van der Waals surface area contributed by atoms with Gasteiger partial charge in [-0.1, -0.05) is 49.0 Å². The maximum atomic E-state index is 9.87. The molecular weight excluding hydrogens is 234 g/mol. The third-order valence-electron chi connectivity index (χ3n) is 3.14. The SMILES string of the molecule is C=C(c1ccc2ccccc2n1)c1ccccc1O. The van der Waals surface area contributed by atoms with Crippen molar-refractivity contribution in [1.29, 1.82) is 0 Å². The van der Waals surface area contributed by atoms with Crippen LogP contribution in [0.25, 0.3) is 16.5 Å². The second kappa shape index (κ2) is 4.58. The maximum absolute atomic E-state index is 9.87. The molecule has 0 bridgehead atoms. The summed E-state index contributed by atoms with van der Waals surface area (Å²) in [5.41, 5.74) is 3.14. The molecule has 0 atom stereocenters. The molecule has 0 spiro atoms. The van der Waals surface area contributed by atoms with Gasteiger partial charge in [-0.15, -0.1) is 0 Å². The van der Waals surface area contributed by atoms with Crippen LogP contribution in [0.2, 0.25) is 0 Å². The minimum absolute atomic E-state index is 0.224. The Bertz CT molecular complexity index is 762. The number of phenolic OH excluding ortho intramolecular Hbond substituents is 1. The average Bonchev–Trinajstić information content (AvgIpc) is 2.46. The minimum Gasteiger partial charge on any atom is -0.507 e. The monoisotopic (exact) mass is 247 g/mol. The van der Waals surface area contributed by atoms with Gasteiger partial charge in [-0.25, -0.2) is 4.98 Å². The molecule has 0 aliphatic carbocycles. The maximum Gasteiger partial charge on any atom is 0.123 e. The summed E-state index contributed by atoms with van der Waals surface area (Å²) in [4.78, 5) is 4.58. The van der Waals surface area contributed by atoms with E-state index in [0.29, 0.717) is 5.56 Å². The normalized spacial score (nSPS) is 10.5. The second-order valence-electron chi connectivity index (χ2n) is 4.38. The smallest absolute Gasteiger partial charge is 0.123 e. The van der Waals surface area contributed by atoms with Gasteiger partial charge in [-0.05, 0) is 18.2 Å². The Balaban J connectivity index is 2.09. The Hall–Kier alpha value is -2.61. The molecule has 3 aromatic rings. The van der Waals surface area contributed by atoms with E-state index in [9.17, 15) is 5.11 Å². The molecule has 2 nitrogen and oxygen atoms in total. The molecule has 92 valence electrons. The number of phenols is 1. The summed E-state index contributed by atoms with van der Waals surface area (Å²) < 4.78 is 0. The summed E-state index contributed by atoms with van der Waals surface area (Å²) in [6.07, 6.45) is 0. The van der Waals surface area contributed by atoms with Crippen molar-refractivity contribution in [1.82, 2.24) is 4.98 Å². The van der Waals surface area contributed by atoms with E-state index < -0.39 is 0 Å². The first-order chi connectivity index (χ1) is 9.25. The van der Waals surface area contributed by atoms with E-state index in [1.54, 1.807) is 12.1 Å². The van der Waals surface area contributed by atoms with Crippen LogP contribution >= 0.6 is 0 Å². The molecule has 0 aliphatic rings. The highest BCUT2D eigenvalue weighted by Crippen LogP contribution is 2.28. The fraction of sp³-hybridized carbons (Fsp3) is 0. The molecule has 1 N–H and O–H groups in total. The summed E-state index contributed by atoms with van der Waals surface area (Å²) in [6.45, 7) is 4.04. The number of nitrogens with zero attached hydrogens (tertiary/aromatic N) is 1. The first kappa shape index (κ1) is 11.5. The molecule has 3 rings (SSSR count). The van der Waals surface area contributed by atoms with Crippen molar-refractivity contribution >= 4 is 16.5 Å². The number of hydrogen-bond donors (Lipinski definition) is 1. The van der Waals surface area contributed by atoms with Gasteiger partial charge < -0.3 is 5.11 Å². The van der Waals surface area contributed by atoms with Gasteiger partial charge >= 0.3 is 0 Å². The molecule has 1 aromatic heterocycles. The topological polar surface area (TPSA) is 33.1 Å². The largest absolute Gasteiger partial charge is 0.507 e. The zero-order valence-electron chi connectivity index (χ0n) is 10.4. The molecular formula is C17H13NO. The van der Waals surface area contributed by atoms with E-state index in [1.807, 2.05) is 48.5 Å². The molecule has 0 radical (unpaired) electrons. The highest BCUT2D eigenvalue weighted by Gasteiger charge is 2.08. The lowest BCUT2D eigenvalue weighted by Crippen LogP contribution is -1.91. The Labute approximate surface area is 111 Å². The van der Waals surface area contributed by atoms with Crippen molar-refractivity contribution in [2.75, 3.05) is 0 Å². The quantitative estimate of drug-likeness (QED) is 0.742. The Morgan fingerprint density at radius 1 is 0.895 bits per heavy atom. The van der Waals surface area contributed by atoms with E-state index >= 15 is 0 Å².